The van der Waals surface area contributed by atoms with Gasteiger partial charge in [-0.25, -0.2) is 13.2 Å². The maximum atomic E-state index is 12.0. The summed E-state index contributed by atoms with van der Waals surface area (Å²) in [5.74, 6) is -0.570. The molecule has 0 saturated heterocycles. The van der Waals surface area contributed by atoms with Crippen LogP contribution in [0.15, 0.2) is 46.7 Å². The van der Waals surface area contributed by atoms with E-state index in [-0.39, 0.29) is 4.90 Å². The van der Waals surface area contributed by atoms with Gasteiger partial charge in [-0.05, 0) is 30.6 Å². The summed E-state index contributed by atoms with van der Waals surface area (Å²) in [6, 6.07) is 6.96. The minimum atomic E-state index is -3.70. The molecule has 0 aliphatic heterocycles. The van der Waals surface area contributed by atoms with E-state index < -0.39 is 27.8 Å². The molecule has 0 aromatic heterocycles. The number of amides is 1. The smallest absolute Gasteiger partial charge is 0.328 e. The number of hydrogen-bond donors (Lipinski definition) is 1. The largest absolute Gasteiger partial charge is 0.467 e. The lowest BCUT2D eigenvalue weighted by molar-refractivity contribution is -0.144. The second-order valence-electron chi connectivity index (χ2n) is 4.53. The summed E-state index contributed by atoms with van der Waals surface area (Å²) in [6.45, 7) is 0. The number of thioether (sulfide) groups is 1. The van der Waals surface area contributed by atoms with Gasteiger partial charge in [0.05, 0.1) is 12.0 Å². The third kappa shape index (κ3) is 6.45. The number of methoxy groups -OCH3 is 1. The van der Waals surface area contributed by atoms with Crippen LogP contribution in [0.4, 0.5) is 0 Å². The van der Waals surface area contributed by atoms with Gasteiger partial charge in [-0.2, -0.15) is 11.8 Å². The predicted octanol–water partition coefficient (Wildman–Crippen LogP) is 1.38. The Balaban J connectivity index is 2.75. The van der Waals surface area contributed by atoms with E-state index in [4.69, 9.17) is 0 Å². The summed E-state index contributed by atoms with van der Waals surface area (Å²) < 4.78 is 28.7. The first-order valence-corrected chi connectivity index (χ1v) is 9.70. The van der Waals surface area contributed by atoms with Gasteiger partial charge in [0.2, 0.25) is 5.91 Å². The van der Waals surface area contributed by atoms with Crippen molar-refractivity contribution in [3.8, 4) is 0 Å². The van der Waals surface area contributed by atoms with Crippen molar-refractivity contribution in [1.29, 1.82) is 0 Å². The second-order valence-corrected chi connectivity index (χ2v) is 7.35. The lowest BCUT2D eigenvalue weighted by Crippen LogP contribution is -2.41. The van der Waals surface area contributed by atoms with E-state index in [0.717, 1.165) is 11.5 Å². The van der Waals surface area contributed by atoms with Crippen molar-refractivity contribution in [2.45, 2.75) is 17.4 Å². The molecule has 23 heavy (non-hydrogen) atoms. The molecule has 1 rings (SSSR count). The molecule has 0 spiro atoms. The molecule has 1 aromatic rings. The number of nitrogens with one attached hydrogen (secondary N) is 1. The average molecular weight is 357 g/mol. The van der Waals surface area contributed by atoms with Crippen molar-refractivity contribution in [2.75, 3.05) is 19.1 Å². The molecule has 6 nitrogen and oxygen atoms in total. The Morgan fingerprint density at radius 1 is 1.30 bits per heavy atom. The minimum Gasteiger partial charge on any atom is -0.467 e. The summed E-state index contributed by atoms with van der Waals surface area (Å²) in [4.78, 5) is 23.5. The lowest BCUT2D eigenvalue weighted by atomic mass is 10.2. The number of carbonyl (C=O) groups is 2. The molecule has 1 aromatic carbocycles. The number of rotatable bonds is 8. The lowest BCUT2D eigenvalue weighted by Gasteiger charge is -2.14. The quantitative estimate of drug-likeness (QED) is 0.558. The van der Waals surface area contributed by atoms with E-state index in [1.165, 1.54) is 31.0 Å². The normalized spacial score (nSPS) is 12.8. The molecule has 8 heteroatoms. The summed E-state index contributed by atoms with van der Waals surface area (Å²) in [6.07, 6.45) is 3.18. The molecule has 0 heterocycles. The molecule has 0 aliphatic carbocycles. The zero-order valence-corrected chi connectivity index (χ0v) is 14.5. The molecule has 0 saturated carbocycles. The molecular formula is C15H19NO5S2. The second kappa shape index (κ2) is 9.36. The number of sulfone groups is 1. The summed E-state index contributed by atoms with van der Waals surface area (Å²) in [7, 11) is -2.46. The number of esters is 1. The number of ether oxygens (including phenoxy) is 1. The van der Waals surface area contributed by atoms with Gasteiger partial charge in [0.15, 0.2) is 9.84 Å². The summed E-state index contributed by atoms with van der Waals surface area (Å²) >= 11 is 1.53. The topological polar surface area (TPSA) is 89.5 Å². The molecule has 1 unspecified atom stereocenters. The van der Waals surface area contributed by atoms with Crippen LogP contribution < -0.4 is 5.32 Å². The van der Waals surface area contributed by atoms with Crippen LogP contribution in [0.3, 0.4) is 0 Å². The average Bonchev–Trinajstić information content (AvgIpc) is 2.57. The van der Waals surface area contributed by atoms with Gasteiger partial charge < -0.3 is 10.1 Å². The first-order valence-electron chi connectivity index (χ1n) is 6.76. The van der Waals surface area contributed by atoms with Crippen LogP contribution in [-0.2, 0) is 24.2 Å². The maximum absolute atomic E-state index is 12.0. The molecule has 0 fully saturated rings. The fourth-order valence-corrected chi connectivity index (χ4v) is 3.15. The highest BCUT2D eigenvalue weighted by Gasteiger charge is 2.20. The Morgan fingerprint density at radius 2 is 1.96 bits per heavy atom. The third-order valence-electron chi connectivity index (χ3n) is 2.88. The van der Waals surface area contributed by atoms with Crippen molar-refractivity contribution < 1.29 is 22.7 Å². The van der Waals surface area contributed by atoms with Gasteiger partial charge in [-0.15, -0.1) is 0 Å². The van der Waals surface area contributed by atoms with E-state index in [0.29, 0.717) is 12.2 Å². The monoisotopic (exact) mass is 357 g/mol. The van der Waals surface area contributed by atoms with Crippen molar-refractivity contribution in [1.82, 2.24) is 5.32 Å². The Kier molecular flexibility index (Phi) is 7.84. The van der Waals surface area contributed by atoms with Crippen molar-refractivity contribution in [3.05, 3.63) is 41.8 Å². The van der Waals surface area contributed by atoms with Crippen molar-refractivity contribution in [3.63, 3.8) is 0 Å². The van der Waals surface area contributed by atoms with Crippen molar-refractivity contribution in [2.24, 2.45) is 0 Å². The third-order valence-corrected chi connectivity index (χ3v) is 4.95. The predicted molar refractivity (Wildman–Crippen MR) is 89.7 cm³/mol. The van der Waals surface area contributed by atoms with Crippen LogP contribution in [0, 0.1) is 0 Å². The molecule has 1 atom stereocenters. The molecule has 1 N–H and O–H groups in total. The van der Waals surface area contributed by atoms with Gasteiger partial charge >= 0.3 is 5.97 Å². The first kappa shape index (κ1) is 19.2. The SMILES string of the molecule is COC(=O)C(CCSC)NC(=O)/C=C/S(=O)(=O)c1ccccc1. The van der Waals surface area contributed by atoms with E-state index in [2.05, 4.69) is 10.1 Å². The first-order chi connectivity index (χ1) is 10.9. The molecular weight excluding hydrogens is 338 g/mol. The number of benzene rings is 1. The fourth-order valence-electron chi connectivity index (χ4n) is 1.69. The molecule has 0 aliphatic rings. The van der Waals surface area contributed by atoms with Crippen LogP contribution in [0.5, 0.6) is 0 Å². The fraction of sp³-hybridized carbons (Fsp3) is 0.333. The van der Waals surface area contributed by atoms with Crippen LogP contribution in [0.25, 0.3) is 0 Å². The molecule has 0 radical (unpaired) electrons. The van der Waals surface area contributed by atoms with Crippen LogP contribution in [0.1, 0.15) is 6.42 Å². The Labute approximate surface area is 140 Å². The summed E-state index contributed by atoms with van der Waals surface area (Å²) in [5, 5.41) is 3.27. The van der Waals surface area contributed by atoms with Gasteiger partial charge in [0.25, 0.3) is 0 Å². The van der Waals surface area contributed by atoms with E-state index in [1.54, 1.807) is 18.2 Å². The minimum absolute atomic E-state index is 0.0935. The number of carbonyl (C=O) groups excluding carboxylic acids is 2. The standard InChI is InChI=1S/C15H19NO5S2/c1-21-15(18)13(8-10-22-2)16-14(17)9-11-23(19,20)12-6-4-3-5-7-12/h3-7,9,11,13H,8,10H2,1-2H3,(H,16,17)/b11-9+. The van der Waals surface area contributed by atoms with Gasteiger partial charge in [-0.3, -0.25) is 4.79 Å². The maximum Gasteiger partial charge on any atom is 0.328 e. The Bertz CT molecular complexity index is 656. The van der Waals surface area contributed by atoms with Gasteiger partial charge in [0, 0.05) is 11.5 Å². The van der Waals surface area contributed by atoms with E-state index in [1.807, 2.05) is 6.26 Å². The van der Waals surface area contributed by atoms with Crippen LogP contribution in [-0.4, -0.2) is 45.5 Å². The zero-order chi connectivity index (χ0) is 17.3. The Hall–Kier alpha value is -1.80. The van der Waals surface area contributed by atoms with Crippen LogP contribution in [0.2, 0.25) is 0 Å². The highest BCUT2D eigenvalue weighted by atomic mass is 32.2. The molecule has 126 valence electrons. The van der Waals surface area contributed by atoms with E-state index in [9.17, 15) is 18.0 Å². The van der Waals surface area contributed by atoms with E-state index >= 15 is 0 Å². The molecule has 1 amide bonds. The number of hydrogen-bond acceptors (Lipinski definition) is 6. The molecule has 0 bridgehead atoms. The highest BCUT2D eigenvalue weighted by molar-refractivity contribution is 7.98. The van der Waals surface area contributed by atoms with Gasteiger partial charge in [-0.1, -0.05) is 18.2 Å². The summed E-state index contributed by atoms with van der Waals surface area (Å²) in [5.41, 5.74) is 0. The van der Waals surface area contributed by atoms with Gasteiger partial charge in [0.1, 0.15) is 6.04 Å². The Morgan fingerprint density at radius 3 is 2.52 bits per heavy atom. The van der Waals surface area contributed by atoms with Crippen molar-refractivity contribution >= 4 is 33.5 Å². The van der Waals surface area contributed by atoms with Crippen LogP contribution >= 0.6 is 11.8 Å². The zero-order valence-electron chi connectivity index (χ0n) is 12.9. The highest BCUT2D eigenvalue weighted by Crippen LogP contribution is 2.11.